The predicted molar refractivity (Wildman–Crippen MR) is 117 cm³/mol. The summed E-state index contributed by atoms with van der Waals surface area (Å²) in [6.07, 6.45) is 5.44. The zero-order chi connectivity index (χ0) is 22.0. The summed E-state index contributed by atoms with van der Waals surface area (Å²) in [6.45, 7) is 4.22. The van der Waals surface area contributed by atoms with Gasteiger partial charge in [-0.05, 0) is 25.0 Å². The van der Waals surface area contributed by atoms with Crippen LogP contribution in [0.1, 0.15) is 37.9 Å². The van der Waals surface area contributed by atoms with Crippen LogP contribution >= 0.6 is 0 Å². The summed E-state index contributed by atoms with van der Waals surface area (Å²) in [5.74, 6) is -0.806. The maximum atomic E-state index is 13.6. The van der Waals surface area contributed by atoms with Gasteiger partial charge in [0.15, 0.2) is 12.4 Å². The Morgan fingerprint density at radius 3 is 2.19 bits per heavy atom. The van der Waals surface area contributed by atoms with Crippen LogP contribution < -0.4 is 10.1 Å². The lowest BCUT2D eigenvalue weighted by Gasteiger charge is -2.11. The maximum Gasteiger partial charge on any atom is 0.326 e. The number of aromatic nitrogens is 3. The third-order valence-corrected chi connectivity index (χ3v) is 5.29. The zero-order valence-electron chi connectivity index (χ0n) is 17.7. The van der Waals surface area contributed by atoms with Crippen LogP contribution in [0.3, 0.4) is 0 Å². The fourth-order valence-electron chi connectivity index (χ4n) is 3.93. The molecule has 2 aromatic heterocycles. The van der Waals surface area contributed by atoms with Gasteiger partial charge < -0.3 is 0 Å². The van der Waals surface area contributed by atoms with E-state index in [0.29, 0.717) is 30.8 Å². The van der Waals surface area contributed by atoms with Crippen LogP contribution in [0.2, 0.25) is 0 Å². The lowest BCUT2D eigenvalue weighted by molar-refractivity contribution is -0.576. The molecule has 3 aromatic rings. The second-order valence-corrected chi connectivity index (χ2v) is 7.46. The van der Waals surface area contributed by atoms with E-state index in [2.05, 4.69) is 5.10 Å². The lowest BCUT2D eigenvalue weighted by Crippen LogP contribution is -2.39. The molecule has 2 amide bonds. The van der Waals surface area contributed by atoms with Crippen LogP contribution in [0.5, 0.6) is 0 Å². The smallest absolute Gasteiger partial charge is 0.294 e. The summed E-state index contributed by atoms with van der Waals surface area (Å²) < 4.78 is 3.07. The highest BCUT2D eigenvalue weighted by molar-refractivity contribution is 6.44. The molecule has 0 unspecified atom stereocenters. The van der Waals surface area contributed by atoms with Gasteiger partial charge in [-0.3, -0.25) is 24.4 Å². The number of pyridine rings is 1. The second-order valence-electron chi connectivity index (χ2n) is 7.46. The third-order valence-electron chi connectivity index (χ3n) is 5.29. The fourth-order valence-corrected chi connectivity index (χ4v) is 3.93. The predicted octanol–water partition coefficient (Wildman–Crippen LogP) is 2.55. The number of carbonyl (C=O) groups is 2. The van der Waals surface area contributed by atoms with Crippen LogP contribution in [-0.4, -0.2) is 33.0 Å². The first-order chi connectivity index (χ1) is 15.1. The summed E-state index contributed by atoms with van der Waals surface area (Å²) in [5, 5.41) is 3.18. The number of rotatable bonds is 7. The van der Waals surface area contributed by atoms with Gasteiger partial charge in [-0.15, -0.1) is 0 Å². The van der Waals surface area contributed by atoms with Crippen molar-refractivity contribution in [2.75, 3.05) is 6.54 Å². The van der Waals surface area contributed by atoms with E-state index in [1.165, 1.54) is 9.58 Å². The van der Waals surface area contributed by atoms with Gasteiger partial charge in [-0.25, -0.2) is 4.68 Å². The highest BCUT2D eigenvalue weighted by atomic mass is 16.2. The minimum atomic E-state index is -0.424. The van der Waals surface area contributed by atoms with E-state index in [9.17, 15) is 14.4 Å². The Kier molecular flexibility index (Phi) is 5.66. The second kappa shape index (κ2) is 8.55. The van der Waals surface area contributed by atoms with Crippen molar-refractivity contribution in [3.05, 3.63) is 82.5 Å². The topological polar surface area (TPSA) is 79.1 Å². The number of nitrogens with one attached hydrogen (secondary N) is 1. The van der Waals surface area contributed by atoms with Crippen LogP contribution in [-0.2, 0) is 16.0 Å². The minimum absolute atomic E-state index is 0.161. The molecule has 0 atom stereocenters. The molecule has 0 saturated heterocycles. The number of benzene rings is 1. The number of hydrogen-bond donors (Lipinski definition) is 1. The summed E-state index contributed by atoms with van der Waals surface area (Å²) in [6, 6.07) is 14.6. The molecule has 0 fully saturated rings. The summed E-state index contributed by atoms with van der Waals surface area (Å²) in [4.78, 5) is 41.5. The Bertz CT molecular complexity index is 1210. The van der Waals surface area contributed by atoms with Crippen LogP contribution in [0.25, 0.3) is 17.0 Å². The quantitative estimate of drug-likeness (QED) is 0.474. The Balaban J connectivity index is 2.00. The molecule has 7 nitrogen and oxygen atoms in total. The van der Waals surface area contributed by atoms with E-state index >= 15 is 0 Å². The van der Waals surface area contributed by atoms with Gasteiger partial charge in [-0.1, -0.05) is 44.5 Å². The molecule has 1 aliphatic rings. The molecule has 4 rings (SSSR count). The van der Waals surface area contributed by atoms with Gasteiger partial charge in [0.1, 0.15) is 5.57 Å². The number of hydrogen-bond acceptors (Lipinski definition) is 3. The van der Waals surface area contributed by atoms with Crippen LogP contribution in [0.4, 0.5) is 0 Å². The SMILES string of the molecule is CCCc1[nH]n(-c2ccccc2)c(=O)c1C1=C([n+]2ccccc2)C(=O)N(CCC)C1=O. The number of aryl methyl sites for hydroxylation is 1. The number of imide groups is 1. The van der Waals surface area contributed by atoms with E-state index in [4.69, 9.17) is 0 Å². The van der Waals surface area contributed by atoms with Gasteiger partial charge >= 0.3 is 5.91 Å². The summed E-state index contributed by atoms with van der Waals surface area (Å²) in [7, 11) is 0. The molecule has 0 saturated carbocycles. The Morgan fingerprint density at radius 2 is 1.55 bits per heavy atom. The van der Waals surface area contributed by atoms with Crippen molar-refractivity contribution in [2.45, 2.75) is 33.1 Å². The monoisotopic (exact) mass is 417 g/mol. The van der Waals surface area contributed by atoms with Crippen molar-refractivity contribution in [2.24, 2.45) is 0 Å². The van der Waals surface area contributed by atoms with E-state index < -0.39 is 5.91 Å². The number of nitrogens with zero attached hydrogens (tertiary/aromatic N) is 3. The molecule has 0 bridgehead atoms. The minimum Gasteiger partial charge on any atom is -0.294 e. The number of carbonyl (C=O) groups excluding carboxylic acids is 2. The van der Waals surface area contributed by atoms with E-state index in [1.807, 2.05) is 50.2 Å². The molecule has 0 spiro atoms. The molecule has 1 N–H and O–H groups in total. The third kappa shape index (κ3) is 3.52. The van der Waals surface area contributed by atoms with Crippen molar-refractivity contribution in [3.8, 4) is 5.69 Å². The maximum absolute atomic E-state index is 13.6. The highest BCUT2D eigenvalue weighted by Gasteiger charge is 2.46. The Labute approximate surface area is 180 Å². The fraction of sp³-hybridized carbons (Fsp3) is 0.250. The van der Waals surface area contributed by atoms with Crippen molar-refractivity contribution < 1.29 is 14.2 Å². The van der Waals surface area contributed by atoms with Crippen LogP contribution in [0.15, 0.2) is 65.7 Å². The zero-order valence-corrected chi connectivity index (χ0v) is 17.7. The Morgan fingerprint density at radius 1 is 0.871 bits per heavy atom. The normalized spacial score (nSPS) is 14.1. The molecule has 7 heteroatoms. The number of aromatic amines is 1. The van der Waals surface area contributed by atoms with Crippen molar-refractivity contribution >= 4 is 23.1 Å². The molecule has 0 radical (unpaired) electrons. The van der Waals surface area contributed by atoms with Crippen molar-refractivity contribution in [3.63, 3.8) is 0 Å². The van der Waals surface area contributed by atoms with E-state index in [-0.39, 0.29) is 28.3 Å². The van der Waals surface area contributed by atoms with Gasteiger partial charge in [0.25, 0.3) is 17.2 Å². The first-order valence-electron chi connectivity index (χ1n) is 10.5. The summed E-state index contributed by atoms with van der Waals surface area (Å²) >= 11 is 0. The molecule has 158 valence electrons. The summed E-state index contributed by atoms with van der Waals surface area (Å²) in [5.41, 5.74) is 1.64. The Hall–Kier alpha value is -3.74. The first kappa shape index (κ1) is 20.5. The largest absolute Gasteiger partial charge is 0.326 e. The molecule has 1 aliphatic heterocycles. The number of amides is 2. The van der Waals surface area contributed by atoms with Gasteiger partial charge in [0.05, 0.1) is 11.3 Å². The molecular formula is C24H25N4O3+. The molecule has 31 heavy (non-hydrogen) atoms. The van der Waals surface area contributed by atoms with Crippen molar-refractivity contribution in [1.82, 2.24) is 14.7 Å². The lowest BCUT2D eigenvalue weighted by atomic mass is 10.0. The average molecular weight is 417 g/mol. The van der Waals surface area contributed by atoms with Crippen molar-refractivity contribution in [1.29, 1.82) is 0 Å². The molecule has 3 heterocycles. The number of H-pyrrole nitrogens is 1. The van der Waals surface area contributed by atoms with Gasteiger partial charge in [-0.2, -0.15) is 4.57 Å². The van der Waals surface area contributed by atoms with Crippen LogP contribution in [0, 0.1) is 0 Å². The average Bonchev–Trinajstić information content (AvgIpc) is 3.23. The highest BCUT2D eigenvalue weighted by Crippen LogP contribution is 2.30. The van der Waals surface area contributed by atoms with E-state index in [1.54, 1.807) is 29.1 Å². The first-order valence-corrected chi connectivity index (χ1v) is 10.5. The van der Waals surface area contributed by atoms with Gasteiger partial charge in [0.2, 0.25) is 0 Å². The van der Waals surface area contributed by atoms with E-state index in [0.717, 1.165) is 6.42 Å². The standard InChI is InChI=1S/C24H24N4O3/c1-3-11-18-19(23(30)28(25-18)17-12-7-5-8-13-17)20-21(26-15-9-6-10-16-26)24(31)27(14-4-2)22(20)29/h5-10,12-13,15-16H,3-4,11,14H2,1-2H3/p+1. The number of para-hydroxylation sites is 1. The molecule has 1 aromatic carbocycles. The van der Waals surface area contributed by atoms with Gasteiger partial charge in [0, 0.05) is 24.4 Å². The molecule has 0 aliphatic carbocycles. The molecular weight excluding hydrogens is 392 g/mol.